The molecule has 1 aromatic carbocycles. The minimum absolute atomic E-state index is 0.0295. The van der Waals surface area contributed by atoms with E-state index >= 15 is 0 Å². The predicted octanol–water partition coefficient (Wildman–Crippen LogP) is 3.72. The number of halogens is 1. The first-order chi connectivity index (χ1) is 17.6. The number of hydrogen-bond donors (Lipinski definition) is 3. The summed E-state index contributed by atoms with van der Waals surface area (Å²) >= 11 is 3.71. The number of rotatable bonds is 8. The number of hydrogen-bond acceptors (Lipinski definition) is 5. The number of fused-ring (bicyclic) bond motifs is 1. The standard InChI is InChI=1S/C29H42BrN3O5/c1-16(2)19(14-34)33-23(25(36)32-28(6,7)15-27(3,4)5)29-13-18(30)22(38-29)20(21(29)26(33)37)24(35)31-17-11-9-8-10-12-17/h8-12,16,18-23,34H,13-15H2,1-7H3,(H,31,35)(H,32,36)/t18?,19-,20+,21-,22+,23?,29?/m0/s1. The van der Waals surface area contributed by atoms with Crippen molar-refractivity contribution < 1.29 is 24.2 Å². The van der Waals surface area contributed by atoms with Gasteiger partial charge < -0.3 is 25.4 Å². The first-order valence-corrected chi connectivity index (χ1v) is 14.5. The van der Waals surface area contributed by atoms with Crippen LogP contribution < -0.4 is 10.6 Å². The Balaban J connectivity index is 1.74. The first kappa shape index (κ1) is 29.0. The molecule has 3 N–H and O–H groups in total. The number of nitrogens with one attached hydrogen (secondary N) is 2. The summed E-state index contributed by atoms with van der Waals surface area (Å²) in [7, 11) is 0. The molecule has 0 aromatic heterocycles. The average molecular weight is 593 g/mol. The molecular formula is C29H42BrN3O5. The van der Waals surface area contributed by atoms with Crippen LogP contribution in [-0.2, 0) is 19.1 Å². The van der Waals surface area contributed by atoms with Crippen molar-refractivity contribution in [3.05, 3.63) is 30.3 Å². The Morgan fingerprint density at radius 2 is 1.79 bits per heavy atom. The number of aliphatic hydroxyl groups is 1. The Morgan fingerprint density at radius 3 is 2.34 bits per heavy atom. The van der Waals surface area contributed by atoms with Gasteiger partial charge in [0.15, 0.2) is 0 Å². The van der Waals surface area contributed by atoms with E-state index in [0.29, 0.717) is 12.1 Å². The van der Waals surface area contributed by atoms with Gasteiger partial charge in [-0.15, -0.1) is 0 Å². The van der Waals surface area contributed by atoms with Crippen molar-refractivity contribution in [2.24, 2.45) is 23.2 Å². The Bertz CT molecular complexity index is 1070. The molecular weight excluding hydrogens is 550 g/mol. The van der Waals surface area contributed by atoms with Gasteiger partial charge in [-0.25, -0.2) is 0 Å². The average Bonchev–Trinajstić information content (AvgIpc) is 3.36. The third-order valence-electron chi connectivity index (χ3n) is 8.07. The summed E-state index contributed by atoms with van der Waals surface area (Å²) in [5, 5.41) is 16.5. The lowest BCUT2D eigenvalue weighted by molar-refractivity contribution is -0.147. The van der Waals surface area contributed by atoms with Crippen LogP contribution in [0.15, 0.2) is 30.3 Å². The van der Waals surface area contributed by atoms with Crippen molar-refractivity contribution in [1.82, 2.24) is 10.2 Å². The number of nitrogens with zero attached hydrogens (tertiary/aromatic N) is 1. The molecule has 0 saturated carbocycles. The van der Waals surface area contributed by atoms with Crippen LogP contribution in [0.1, 0.15) is 61.3 Å². The fourth-order valence-corrected chi connectivity index (χ4v) is 8.11. The van der Waals surface area contributed by atoms with E-state index in [4.69, 9.17) is 4.74 Å². The summed E-state index contributed by atoms with van der Waals surface area (Å²) in [6.07, 6.45) is 0.607. The van der Waals surface area contributed by atoms with Crippen molar-refractivity contribution in [3.8, 4) is 0 Å². The SMILES string of the molecule is CC(C)[C@H](CO)N1C(=O)[C@@H]2[C@@H](C(=O)Nc3ccccc3)[C@@H]3OC2(CC3Br)C1C(=O)NC(C)(C)CC(C)(C)C. The van der Waals surface area contributed by atoms with Gasteiger partial charge in [-0.05, 0) is 50.2 Å². The smallest absolute Gasteiger partial charge is 0.246 e. The fraction of sp³-hybridized carbons (Fsp3) is 0.690. The van der Waals surface area contributed by atoms with E-state index in [1.807, 2.05) is 45.9 Å². The number of alkyl halides is 1. The van der Waals surface area contributed by atoms with Crippen molar-refractivity contribution in [2.45, 2.75) is 95.5 Å². The molecule has 3 saturated heterocycles. The minimum atomic E-state index is -1.17. The molecule has 38 heavy (non-hydrogen) atoms. The summed E-state index contributed by atoms with van der Waals surface area (Å²) in [5.41, 5.74) is -1.10. The number of likely N-dealkylation sites (tertiary alicyclic amines) is 1. The maximum absolute atomic E-state index is 14.2. The summed E-state index contributed by atoms with van der Waals surface area (Å²) < 4.78 is 6.58. The van der Waals surface area contributed by atoms with Crippen LogP contribution in [0.2, 0.25) is 0 Å². The van der Waals surface area contributed by atoms with Gasteiger partial charge in [0, 0.05) is 16.1 Å². The molecule has 1 aromatic rings. The number of ether oxygens (including phenoxy) is 1. The molecule has 3 unspecified atom stereocenters. The molecule has 210 valence electrons. The maximum atomic E-state index is 14.2. The topological polar surface area (TPSA) is 108 Å². The second kappa shape index (κ2) is 10.2. The zero-order chi connectivity index (χ0) is 28.2. The lowest BCUT2D eigenvalue weighted by Crippen LogP contribution is -2.62. The summed E-state index contributed by atoms with van der Waals surface area (Å²) in [6, 6.07) is 7.57. The maximum Gasteiger partial charge on any atom is 0.246 e. The van der Waals surface area contributed by atoms with E-state index in [2.05, 4.69) is 47.3 Å². The zero-order valence-corrected chi connectivity index (χ0v) is 25.0. The van der Waals surface area contributed by atoms with E-state index in [9.17, 15) is 19.5 Å². The third kappa shape index (κ3) is 5.13. The summed E-state index contributed by atoms with van der Waals surface area (Å²) in [6.45, 7) is 13.9. The Kier molecular flexibility index (Phi) is 7.80. The van der Waals surface area contributed by atoms with Gasteiger partial charge in [-0.3, -0.25) is 14.4 Å². The van der Waals surface area contributed by atoms with E-state index in [-0.39, 0.29) is 40.5 Å². The second-order valence-electron chi connectivity index (χ2n) is 13.4. The van der Waals surface area contributed by atoms with Crippen molar-refractivity contribution in [1.29, 1.82) is 0 Å². The van der Waals surface area contributed by atoms with Gasteiger partial charge in [-0.2, -0.15) is 0 Å². The van der Waals surface area contributed by atoms with Gasteiger partial charge in [0.25, 0.3) is 0 Å². The zero-order valence-electron chi connectivity index (χ0n) is 23.5. The van der Waals surface area contributed by atoms with Gasteiger partial charge in [0.05, 0.1) is 30.6 Å². The highest BCUT2D eigenvalue weighted by molar-refractivity contribution is 9.09. The van der Waals surface area contributed by atoms with Gasteiger partial charge in [0.1, 0.15) is 11.6 Å². The third-order valence-corrected chi connectivity index (χ3v) is 8.91. The number of benzene rings is 1. The van der Waals surface area contributed by atoms with Crippen LogP contribution in [0.5, 0.6) is 0 Å². The predicted molar refractivity (Wildman–Crippen MR) is 150 cm³/mol. The Labute approximate surface area is 234 Å². The van der Waals surface area contributed by atoms with Crippen LogP contribution in [-0.4, -0.2) is 68.5 Å². The van der Waals surface area contributed by atoms with Crippen LogP contribution in [0.3, 0.4) is 0 Å². The lowest BCUT2D eigenvalue weighted by Gasteiger charge is -2.41. The summed E-state index contributed by atoms with van der Waals surface area (Å²) in [5.74, 6) is -2.61. The van der Waals surface area contributed by atoms with E-state index in [0.717, 1.165) is 6.42 Å². The molecule has 4 rings (SSSR count). The van der Waals surface area contributed by atoms with Gasteiger partial charge in [0.2, 0.25) is 17.7 Å². The highest BCUT2D eigenvalue weighted by Gasteiger charge is 2.77. The van der Waals surface area contributed by atoms with Crippen molar-refractivity contribution in [3.63, 3.8) is 0 Å². The number of carbonyl (C=O) groups excluding carboxylic acids is 3. The number of amides is 3. The number of para-hydroxylation sites is 1. The molecule has 2 bridgehead atoms. The Hall–Kier alpha value is -1.97. The normalized spacial score (nSPS) is 31.5. The monoisotopic (exact) mass is 591 g/mol. The molecule has 3 amide bonds. The van der Waals surface area contributed by atoms with Gasteiger partial charge >= 0.3 is 0 Å². The van der Waals surface area contributed by atoms with Crippen LogP contribution >= 0.6 is 15.9 Å². The number of carbonyl (C=O) groups is 3. The number of aliphatic hydroxyl groups excluding tert-OH is 1. The molecule has 0 aliphatic carbocycles. The molecule has 3 fully saturated rings. The molecule has 8 nitrogen and oxygen atoms in total. The van der Waals surface area contributed by atoms with E-state index in [1.54, 1.807) is 12.1 Å². The molecule has 7 atom stereocenters. The minimum Gasteiger partial charge on any atom is -0.394 e. The number of anilines is 1. The molecule has 0 radical (unpaired) electrons. The highest BCUT2D eigenvalue weighted by atomic mass is 79.9. The first-order valence-electron chi connectivity index (χ1n) is 13.5. The lowest BCUT2D eigenvalue weighted by atomic mass is 9.70. The van der Waals surface area contributed by atoms with E-state index in [1.165, 1.54) is 4.90 Å². The fourth-order valence-electron chi connectivity index (χ4n) is 7.16. The molecule has 3 aliphatic rings. The van der Waals surface area contributed by atoms with Crippen LogP contribution in [0.4, 0.5) is 5.69 Å². The molecule has 9 heteroatoms. The molecule has 3 aliphatic heterocycles. The quantitative estimate of drug-likeness (QED) is 0.399. The van der Waals surface area contributed by atoms with Crippen LogP contribution in [0, 0.1) is 23.2 Å². The Morgan fingerprint density at radius 1 is 1.16 bits per heavy atom. The van der Waals surface area contributed by atoms with Crippen LogP contribution in [0.25, 0.3) is 0 Å². The van der Waals surface area contributed by atoms with Crippen molar-refractivity contribution in [2.75, 3.05) is 11.9 Å². The summed E-state index contributed by atoms with van der Waals surface area (Å²) in [4.78, 5) is 43.4. The van der Waals surface area contributed by atoms with Crippen molar-refractivity contribution >= 4 is 39.3 Å². The largest absolute Gasteiger partial charge is 0.394 e. The molecule has 3 heterocycles. The highest BCUT2D eigenvalue weighted by Crippen LogP contribution is 2.60. The molecule has 1 spiro atoms. The van der Waals surface area contributed by atoms with Gasteiger partial charge in [-0.1, -0.05) is 68.7 Å². The van der Waals surface area contributed by atoms with E-state index < -0.39 is 41.2 Å². The second-order valence-corrected chi connectivity index (χ2v) is 14.5.